The summed E-state index contributed by atoms with van der Waals surface area (Å²) in [5.74, 6) is 0. The van der Waals surface area contributed by atoms with Crippen molar-refractivity contribution in [3.8, 4) is 0 Å². The van der Waals surface area contributed by atoms with Gasteiger partial charge < -0.3 is 20.4 Å². The summed E-state index contributed by atoms with van der Waals surface area (Å²) in [6.07, 6.45) is 0. The Labute approximate surface area is 184 Å². The van der Waals surface area contributed by atoms with Crippen LogP contribution in [-0.4, -0.2) is 36.2 Å². The summed E-state index contributed by atoms with van der Waals surface area (Å²) in [6.45, 7) is 8.14. The molecule has 4 nitrogen and oxygen atoms in total. The minimum Gasteiger partial charge on any atom is -0.368 e. The smallest absolute Gasteiger partial charge is 0.173 e. The highest BCUT2D eigenvalue weighted by atomic mass is 32.1. The quantitative estimate of drug-likeness (QED) is 0.543. The van der Waals surface area contributed by atoms with Crippen molar-refractivity contribution in [3.05, 3.63) is 83.9 Å². The third-order valence-electron chi connectivity index (χ3n) is 5.47. The topological polar surface area (TPSA) is 30.5 Å². The van der Waals surface area contributed by atoms with Gasteiger partial charge in [0.2, 0.25) is 0 Å². The van der Waals surface area contributed by atoms with Crippen LogP contribution in [-0.2, 0) is 0 Å². The van der Waals surface area contributed by atoms with E-state index in [0.29, 0.717) is 0 Å². The second-order valence-corrected chi connectivity index (χ2v) is 8.15. The van der Waals surface area contributed by atoms with Gasteiger partial charge >= 0.3 is 0 Å². The lowest BCUT2D eigenvalue weighted by atomic mass is 10.1. The summed E-state index contributed by atoms with van der Waals surface area (Å²) < 4.78 is 0. The third-order valence-corrected chi connectivity index (χ3v) is 5.83. The van der Waals surface area contributed by atoms with Crippen LogP contribution in [0.3, 0.4) is 0 Å². The molecule has 1 saturated heterocycles. The lowest BCUT2D eigenvalue weighted by Gasteiger charge is -2.38. The molecule has 0 atom stereocenters. The van der Waals surface area contributed by atoms with Crippen LogP contribution in [0, 0.1) is 13.8 Å². The Bertz CT molecular complexity index is 993. The molecule has 1 fully saturated rings. The third kappa shape index (κ3) is 4.92. The van der Waals surface area contributed by atoms with E-state index in [4.69, 9.17) is 12.2 Å². The lowest BCUT2D eigenvalue weighted by molar-refractivity contribution is 0.390. The maximum Gasteiger partial charge on any atom is 0.173 e. The van der Waals surface area contributed by atoms with E-state index in [2.05, 4.69) is 88.9 Å². The zero-order valence-corrected chi connectivity index (χ0v) is 18.4. The first-order valence-electron chi connectivity index (χ1n) is 10.4. The SMILES string of the molecule is Cc1ccc(C)c(N2CCN(C(=S)Nc3ccc(Nc4ccccc4)cc3)CC2)c1. The maximum atomic E-state index is 5.68. The normalized spacial score (nSPS) is 13.8. The summed E-state index contributed by atoms with van der Waals surface area (Å²) in [5, 5.41) is 7.58. The van der Waals surface area contributed by atoms with Gasteiger partial charge in [-0.1, -0.05) is 30.3 Å². The predicted octanol–water partition coefficient (Wildman–Crippen LogP) is 5.57. The number of piperazine rings is 1. The fraction of sp³-hybridized carbons (Fsp3) is 0.240. The molecule has 0 aromatic heterocycles. The molecule has 154 valence electrons. The summed E-state index contributed by atoms with van der Waals surface area (Å²) in [6, 6.07) is 25.1. The Hall–Kier alpha value is -3.05. The zero-order valence-electron chi connectivity index (χ0n) is 17.6. The van der Waals surface area contributed by atoms with E-state index in [1.54, 1.807) is 0 Å². The van der Waals surface area contributed by atoms with Crippen molar-refractivity contribution in [2.45, 2.75) is 13.8 Å². The zero-order chi connectivity index (χ0) is 20.9. The van der Waals surface area contributed by atoms with Crippen molar-refractivity contribution in [1.29, 1.82) is 0 Å². The van der Waals surface area contributed by atoms with Crippen molar-refractivity contribution in [1.82, 2.24) is 4.90 Å². The molecular formula is C25H28N4S. The van der Waals surface area contributed by atoms with E-state index < -0.39 is 0 Å². The van der Waals surface area contributed by atoms with Crippen LogP contribution in [0.1, 0.15) is 11.1 Å². The Morgan fingerprint density at radius 3 is 2.10 bits per heavy atom. The average molecular weight is 417 g/mol. The molecule has 5 heteroatoms. The van der Waals surface area contributed by atoms with E-state index >= 15 is 0 Å². The number of rotatable bonds is 4. The molecule has 1 heterocycles. The maximum absolute atomic E-state index is 5.68. The molecule has 0 unspecified atom stereocenters. The van der Waals surface area contributed by atoms with Gasteiger partial charge in [-0.05, 0) is 79.7 Å². The van der Waals surface area contributed by atoms with Crippen LogP contribution < -0.4 is 15.5 Å². The van der Waals surface area contributed by atoms with Crippen LogP contribution in [0.4, 0.5) is 22.7 Å². The number of anilines is 4. The molecule has 3 aromatic rings. The molecular weight excluding hydrogens is 388 g/mol. The van der Waals surface area contributed by atoms with Gasteiger partial charge in [0, 0.05) is 48.9 Å². The van der Waals surface area contributed by atoms with Gasteiger partial charge in [0.15, 0.2) is 5.11 Å². The number of hydrogen-bond acceptors (Lipinski definition) is 3. The predicted molar refractivity (Wildman–Crippen MR) is 132 cm³/mol. The molecule has 0 saturated carbocycles. The van der Waals surface area contributed by atoms with Gasteiger partial charge in [-0.15, -0.1) is 0 Å². The number of hydrogen-bond donors (Lipinski definition) is 2. The number of para-hydroxylation sites is 1. The first kappa shape index (κ1) is 20.2. The molecule has 4 rings (SSSR count). The number of nitrogens with one attached hydrogen (secondary N) is 2. The highest BCUT2D eigenvalue weighted by molar-refractivity contribution is 7.80. The molecule has 3 aromatic carbocycles. The largest absolute Gasteiger partial charge is 0.368 e. The molecule has 2 N–H and O–H groups in total. The Balaban J connectivity index is 1.31. The lowest BCUT2D eigenvalue weighted by Crippen LogP contribution is -2.50. The molecule has 0 spiro atoms. The molecule has 30 heavy (non-hydrogen) atoms. The Morgan fingerprint density at radius 2 is 1.40 bits per heavy atom. The van der Waals surface area contributed by atoms with Crippen LogP contribution in [0.5, 0.6) is 0 Å². The molecule has 0 bridgehead atoms. The fourth-order valence-corrected chi connectivity index (χ4v) is 4.04. The van der Waals surface area contributed by atoms with Gasteiger partial charge in [-0.3, -0.25) is 0 Å². The molecule has 0 radical (unpaired) electrons. The van der Waals surface area contributed by atoms with E-state index in [9.17, 15) is 0 Å². The van der Waals surface area contributed by atoms with Crippen molar-refractivity contribution < 1.29 is 0 Å². The van der Waals surface area contributed by atoms with E-state index in [1.165, 1.54) is 16.8 Å². The number of benzene rings is 3. The van der Waals surface area contributed by atoms with Gasteiger partial charge in [0.25, 0.3) is 0 Å². The summed E-state index contributed by atoms with van der Waals surface area (Å²) in [5.41, 5.74) is 7.13. The molecule has 1 aliphatic heterocycles. The van der Waals surface area contributed by atoms with E-state index in [0.717, 1.165) is 48.4 Å². The molecule has 1 aliphatic rings. The highest BCUT2D eigenvalue weighted by Gasteiger charge is 2.20. The van der Waals surface area contributed by atoms with Crippen LogP contribution >= 0.6 is 12.2 Å². The van der Waals surface area contributed by atoms with Gasteiger partial charge in [0.05, 0.1) is 0 Å². The Kier molecular flexibility index (Phi) is 6.19. The van der Waals surface area contributed by atoms with Crippen LogP contribution in [0.2, 0.25) is 0 Å². The van der Waals surface area contributed by atoms with Crippen molar-refractivity contribution in [3.63, 3.8) is 0 Å². The summed E-state index contributed by atoms with van der Waals surface area (Å²) >= 11 is 5.68. The summed E-state index contributed by atoms with van der Waals surface area (Å²) in [4.78, 5) is 4.72. The second-order valence-electron chi connectivity index (χ2n) is 7.76. The van der Waals surface area contributed by atoms with Crippen molar-refractivity contribution in [2.75, 3.05) is 41.7 Å². The van der Waals surface area contributed by atoms with Gasteiger partial charge in [0.1, 0.15) is 0 Å². The first-order valence-corrected chi connectivity index (χ1v) is 10.8. The van der Waals surface area contributed by atoms with Crippen molar-refractivity contribution >= 4 is 40.1 Å². The van der Waals surface area contributed by atoms with E-state index in [1.807, 2.05) is 18.2 Å². The standard InChI is InChI=1S/C25H28N4S/c1-19-8-9-20(2)24(18-19)28-14-16-29(17-15-28)25(30)27-23-12-10-22(11-13-23)26-21-6-4-3-5-7-21/h3-13,18,26H,14-17H2,1-2H3,(H,27,30). The highest BCUT2D eigenvalue weighted by Crippen LogP contribution is 2.23. The van der Waals surface area contributed by atoms with Gasteiger partial charge in [-0.25, -0.2) is 0 Å². The minimum atomic E-state index is 0.791. The first-order chi connectivity index (χ1) is 14.6. The van der Waals surface area contributed by atoms with Crippen molar-refractivity contribution in [2.24, 2.45) is 0 Å². The molecule has 0 aliphatic carbocycles. The Morgan fingerprint density at radius 1 is 0.767 bits per heavy atom. The molecule has 0 amide bonds. The number of aryl methyl sites for hydroxylation is 2. The average Bonchev–Trinajstić information content (AvgIpc) is 2.77. The summed E-state index contributed by atoms with van der Waals surface area (Å²) in [7, 11) is 0. The van der Waals surface area contributed by atoms with Crippen LogP contribution in [0.15, 0.2) is 72.8 Å². The van der Waals surface area contributed by atoms with E-state index in [-0.39, 0.29) is 0 Å². The van der Waals surface area contributed by atoms with Gasteiger partial charge in [-0.2, -0.15) is 0 Å². The number of thiocarbonyl (C=S) groups is 1. The minimum absolute atomic E-state index is 0.791. The monoisotopic (exact) mass is 416 g/mol. The van der Waals surface area contributed by atoms with Crippen LogP contribution in [0.25, 0.3) is 0 Å². The number of nitrogens with zero attached hydrogens (tertiary/aromatic N) is 2. The second kappa shape index (κ2) is 9.18. The fourth-order valence-electron chi connectivity index (χ4n) is 3.74.